The summed E-state index contributed by atoms with van der Waals surface area (Å²) < 4.78 is 0. The lowest BCUT2D eigenvalue weighted by Crippen LogP contribution is -2.57. The average molecular weight is 525 g/mol. The number of urea groups is 1. The van der Waals surface area contributed by atoms with Gasteiger partial charge in [0.25, 0.3) is 0 Å². The Balaban J connectivity index is 1.36. The van der Waals surface area contributed by atoms with Crippen molar-refractivity contribution in [3.05, 3.63) is 96.1 Å². The standard InChI is InChI=1S/C32H36N4O3/c1-35(32(39)36-16-14-33-15-17-36)30(21-24-11-13-26-7-3-5-9-28(26)19-24)31(38)34-29(22-37)20-23-10-12-25-6-2-4-8-27(25)18-23/h2-13,18-19,29-30,33,37H,14-17,20-22H2,1H3,(H,34,38). The molecule has 7 heteroatoms. The molecule has 1 fully saturated rings. The number of aliphatic hydroxyl groups is 1. The van der Waals surface area contributed by atoms with E-state index in [4.69, 9.17) is 0 Å². The van der Waals surface area contributed by atoms with Crippen LogP contribution in [0.1, 0.15) is 11.1 Å². The minimum absolute atomic E-state index is 0.160. The summed E-state index contributed by atoms with van der Waals surface area (Å²) in [6.07, 6.45) is 0.865. The molecular weight excluding hydrogens is 488 g/mol. The fraction of sp³-hybridized carbons (Fsp3) is 0.312. The number of nitrogens with zero attached hydrogens (tertiary/aromatic N) is 2. The van der Waals surface area contributed by atoms with Crippen LogP contribution in [0.25, 0.3) is 21.5 Å². The van der Waals surface area contributed by atoms with E-state index in [9.17, 15) is 14.7 Å². The number of hydrogen-bond donors (Lipinski definition) is 3. The van der Waals surface area contributed by atoms with Crippen molar-refractivity contribution in [1.82, 2.24) is 20.4 Å². The van der Waals surface area contributed by atoms with E-state index in [0.29, 0.717) is 25.9 Å². The molecule has 0 radical (unpaired) electrons. The van der Waals surface area contributed by atoms with Gasteiger partial charge in [-0.3, -0.25) is 4.79 Å². The summed E-state index contributed by atoms with van der Waals surface area (Å²) in [7, 11) is 1.70. The Morgan fingerprint density at radius 1 is 0.846 bits per heavy atom. The number of amides is 3. The second-order valence-electron chi connectivity index (χ2n) is 10.3. The van der Waals surface area contributed by atoms with Crippen LogP contribution in [0.3, 0.4) is 0 Å². The molecule has 0 aromatic heterocycles. The zero-order valence-electron chi connectivity index (χ0n) is 22.3. The van der Waals surface area contributed by atoms with Crippen LogP contribution >= 0.6 is 0 Å². The molecule has 2 atom stereocenters. The highest BCUT2D eigenvalue weighted by atomic mass is 16.3. The van der Waals surface area contributed by atoms with Gasteiger partial charge in [0.05, 0.1) is 12.6 Å². The maximum atomic E-state index is 13.8. The van der Waals surface area contributed by atoms with Gasteiger partial charge >= 0.3 is 6.03 Å². The van der Waals surface area contributed by atoms with Gasteiger partial charge in [0.1, 0.15) is 6.04 Å². The Labute approximate surface area is 229 Å². The summed E-state index contributed by atoms with van der Waals surface area (Å²) in [5.74, 6) is -0.269. The van der Waals surface area contributed by atoms with Crippen molar-refractivity contribution in [2.45, 2.75) is 24.9 Å². The van der Waals surface area contributed by atoms with E-state index in [1.807, 2.05) is 42.5 Å². The first-order valence-corrected chi connectivity index (χ1v) is 13.6. The summed E-state index contributed by atoms with van der Waals surface area (Å²) in [5.41, 5.74) is 2.01. The maximum Gasteiger partial charge on any atom is 0.320 e. The third kappa shape index (κ3) is 6.38. The lowest BCUT2D eigenvalue weighted by atomic mass is 9.99. The second-order valence-corrected chi connectivity index (χ2v) is 10.3. The highest BCUT2D eigenvalue weighted by Crippen LogP contribution is 2.20. The molecule has 4 aromatic carbocycles. The Morgan fingerprint density at radius 3 is 1.95 bits per heavy atom. The normalized spacial score (nSPS) is 15.2. The molecule has 1 aliphatic heterocycles. The minimum atomic E-state index is -0.723. The summed E-state index contributed by atoms with van der Waals surface area (Å²) in [5, 5.41) is 21.0. The van der Waals surface area contributed by atoms with Gasteiger partial charge in [-0.25, -0.2) is 4.79 Å². The quantitative estimate of drug-likeness (QED) is 0.329. The van der Waals surface area contributed by atoms with E-state index in [-0.39, 0.29) is 18.5 Å². The van der Waals surface area contributed by atoms with Crippen LogP contribution in [0, 0.1) is 0 Å². The van der Waals surface area contributed by atoms with Crippen LogP contribution in [0.5, 0.6) is 0 Å². The molecule has 0 aliphatic carbocycles. The van der Waals surface area contributed by atoms with E-state index in [0.717, 1.165) is 45.8 Å². The molecule has 0 saturated carbocycles. The minimum Gasteiger partial charge on any atom is -0.394 e. The molecule has 1 aliphatic rings. The Bertz CT molecular complexity index is 1450. The van der Waals surface area contributed by atoms with E-state index in [2.05, 4.69) is 53.1 Å². The third-order valence-corrected chi connectivity index (χ3v) is 7.57. The SMILES string of the molecule is CN(C(=O)N1CCNCC1)C(Cc1ccc2ccccc2c1)C(=O)NC(CO)Cc1ccc2ccccc2c1. The molecule has 2 unspecified atom stereocenters. The topological polar surface area (TPSA) is 84.9 Å². The van der Waals surface area contributed by atoms with Gasteiger partial charge in [0.2, 0.25) is 5.91 Å². The molecule has 1 heterocycles. The Kier molecular flexibility index (Phi) is 8.39. The van der Waals surface area contributed by atoms with Gasteiger partial charge in [0.15, 0.2) is 0 Å². The number of carbonyl (C=O) groups is 2. The monoisotopic (exact) mass is 524 g/mol. The number of fused-ring (bicyclic) bond motifs is 2. The van der Waals surface area contributed by atoms with E-state index in [1.54, 1.807) is 16.8 Å². The molecular formula is C32H36N4O3. The van der Waals surface area contributed by atoms with Crippen LogP contribution in [0.15, 0.2) is 84.9 Å². The molecule has 4 aromatic rings. The van der Waals surface area contributed by atoms with Crippen molar-refractivity contribution in [2.24, 2.45) is 0 Å². The molecule has 39 heavy (non-hydrogen) atoms. The number of nitrogens with one attached hydrogen (secondary N) is 2. The van der Waals surface area contributed by atoms with Gasteiger partial charge in [-0.15, -0.1) is 0 Å². The largest absolute Gasteiger partial charge is 0.394 e. The zero-order valence-corrected chi connectivity index (χ0v) is 22.3. The van der Waals surface area contributed by atoms with Gasteiger partial charge in [-0.05, 0) is 39.1 Å². The highest BCUT2D eigenvalue weighted by Gasteiger charge is 2.31. The first-order valence-electron chi connectivity index (χ1n) is 13.6. The molecule has 3 amide bonds. The van der Waals surface area contributed by atoms with Gasteiger partial charge in [0, 0.05) is 39.6 Å². The number of piperazine rings is 1. The molecule has 7 nitrogen and oxygen atoms in total. The van der Waals surface area contributed by atoms with E-state index < -0.39 is 12.1 Å². The van der Waals surface area contributed by atoms with Crippen molar-refractivity contribution < 1.29 is 14.7 Å². The number of aliphatic hydroxyl groups excluding tert-OH is 1. The van der Waals surface area contributed by atoms with Crippen molar-refractivity contribution >= 4 is 33.5 Å². The number of hydrogen-bond acceptors (Lipinski definition) is 4. The molecule has 1 saturated heterocycles. The molecule has 5 rings (SSSR count). The predicted molar refractivity (Wildman–Crippen MR) is 156 cm³/mol. The zero-order chi connectivity index (χ0) is 27.2. The lowest BCUT2D eigenvalue weighted by Gasteiger charge is -2.35. The molecule has 0 spiro atoms. The fourth-order valence-corrected chi connectivity index (χ4v) is 5.32. The maximum absolute atomic E-state index is 13.8. The smallest absolute Gasteiger partial charge is 0.320 e. The van der Waals surface area contributed by atoms with Crippen LogP contribution in [0.4, 0.5) is 4.79 Å². The summed E-state index contributed by atoms with van der Waals surface area (Å²) in [6.45, 7) is 2.49. The summed E-state index contributed by atoms with van der Waals surface area (Å²) in [4.78, 5) is 30.5. The number of rotatable bonds is 8. The number of benzene rings is 4. The fourth-order valence-electron chi connectivity index (χ4n) is 5.32. The Morgan fingerprint density at radius 2 is 1.38 bits per heavy atom. The van der Waals surface area contributed by atoms with Crippen LogP contribution < -0.4 is 10.6 Å². The summed E-state index contributed by atoms with van der Waals surface area (Å²) in [6, 6.07) is 27.2. The third-order valence-electron chi connectivity index (χ3n) is 7.57. The number of likely N-dealkylation sites (N-methyl/N-ethyl adjacent to an activating group) is 1. The Hall–Kier alpha value is -3.94. The second kappa shape index (κ2) is 12.3. The first kappa shape index (κ1) is 26.7. The van der Waals surface area contributed by atoms with Crippen LogP contribution in [-0.4, -0.2) is 78.8 Å². The van der Waals surface area contributed by atoms with Crippen LogP contribution in [0.2, 0.25) is 0 Å². The lowest BCUT2D eigenvalue weighted by molar-refractivity contribution is -0.126. The van der Waals surface area contributed by atoms with E-state index >= 15 is 0 Å². The van der Waals surface area contributed by atoms with Crippen LogP contribution in [-0.2, 0) is 17.6 Å². The first-order chi connectivity index (χ1) is 19.0. The van der Waals surface area contributed by atoms with Crippen molar-refractivity contribution in [3.63, 3.8) is 0 Å². The van der Waals surface area contributed by atoms with Crippen molar-refractivity contribution in [2.75, 3.05) is 39.8 Å². The highest BCUT2D eigenvalue weighted by molar-refractivity contribution is 5.88. The predicted octanol–water partition coefficient (Wildman–Crippen LogP) is 3.58. The number of carbonyl (C=O) groups excluding carboxylic acids is 2. The average Bonchev–Trinajstić information content (AvgIpc) is 2.99. The van der Waals surface area contributed by atoms with Gasteiger partial charge in [-0.1, -0.05) is 84.9 Å². The van der Waals surface area contributed by atoms with Gasteiger partial charge in [-0.2, -0.15) is 0 Å². The van der Waals surface area contributed by atoms with E-state index in [1.165, 1.54) is 0 Å². The molecule has 0 bridgehead atoms. The van der Waals surface area contributed by atoms with Crippen molar-refractivity contribution in [1.29, 1.82) is 0 Å². The van der Waals surface area contributed by atoms with Gasteiger partial charge < -0.3 is 25.5 Å². The van der Waals surface area contributed by atoms with Crippen molar-refractivity contribution in [3.8, 4) is 0 Å². The molecule has 3 N–H and O–H groups in total. The molecule has 202 valence electrons. The summed E-state index contributed by atoms with van der Waals surface area (Å²) >= 11 is 0.